The van der Waals surface area contributed by atoms with Crippen molar-refractivity contribution in [3.05, 3.63) is 54.1 Å². The van der Waals surface area contributed by atoms with E-state index in [1.165, 1.54) is 24.4 Å². The molecule has 1 fully saturated rings. The molecule has 3 rings (SSSR count). The molecule has 1 saturated heterocycles. The minimum absolute atomic E-state index is 0.0971. The summed E-state index contributed by atoms with van der Waals surface area (Å²) in [5, 5.41) is 94.0. The molecule has 2 aromatic carbocycles. The molecule has 2 aromatic rings. The number of aliphatic hydroxyl groups excluding tert-OH is 1. The van der Waals surface area contributed by atoms with Crippen LogP contribution in [0.1, 0.15) is 19.4 Å². The van der Waals surface area contributed by atoms with Gasteiger partial charge in [-0.3, -0.25) is 0 Å². The van der Waals surface area contributed by atoms with Crippen molar-refractivity contribution in [3.63, 3.8) is 0 Å². The fourth-order valence-corrected chi connectivity index (χ4v) is 3.78. The van der Waals surface area contributed by atoms with Crippen LogP contribution in [0.4, 0.5) is 5.69 Å². The van der Waals surface area contributed by atoms with Crippen molar-refractivity contribution in [2.24, 2.45) is 0 Å². The maximum absolute atomic E-state index is 10.7. The van der Waals surface area contributed by atoms with Gasteiger partial charge in [-0.1, -0.05) is 44.2 Å². The molecule has 15 nitrogen and oxygen atoms in total. The van der Waals surface area contributed by atoms with E-state index in [0.717, 1.165) is 0 Å². The summed E-state index contributed by atoms with van der Waals surface area (Å²) >= 11 is 0. The zero-order valence-electron chi connectivity index (χ0n) is 23.5. The zero-order chi connectivity index (χ0) is 31.6. The first-order valence-corrected chi connectivity index (χ1v) is 12.5. The van der Waals surface area contributed by atoms with Gasteiger partial charge >= 0.3 is 23.6 Å². The molecule has 0 bridgehead atoms. The summed E-state index contributed by atoms with van der Waals surface area (Å²) < 4.78 is 10.3. The number of piperazine rings is 1. The highest BCUT2D eigenvalue weighted by molar-refractivity contribution is 5.52. The van der Waals surface area contributed by atoms with Crippen molar-refractivity contribution in [2.45, 2.75) is 50.5 Å². The summed E-state index contributed by atoms with van der Waals surface area (Å²) in [7, 11) is 3.29. The van der Waals surface area contributed by atoms with Gasteiger partial charge in [-0.2, -0.15) is 9.80 Å². The third-order valence-electron chi connectivity index (χ3n) is 5.97. The minimum Gasteiger partial charge on any atom is -0.493 e. The summed E-state index contributed by atoms with van der Waals surface area (Å²) in [6.07, 6.45) is -1.86. The van der Waals surface area contributed by atoms with E-state index < -0.39 is 59.2 Å². The first-order chi connectivity index (χ1) is 19.1. The summed E-state index contributed by atoms with van der Waals surface area (Å²) in [6.45, 7) is 3.04. The second-order valence-corrected chi connectivity index (χ2v) is 8.61. The van der Waals surface area contributed by atoms with Crippen molar-refractivity contribution in [2.75, 3.05) is 39.2 Å². The van der Waals surface area contributed by atoms with E-state index in [0.29, 0.717) is 5.75 Å². The second-order valence-electron chi connectivity index (χ2n) is 8.61. The standard InChI is InChI=1S/C16H24N2O12.C8H11N.C2H6/c1-29-11-4-2-3-5-12(11)30-9-10(20)8-18-15(25,26)13(21,22)17(6-7-19)14(23,24)16(18,27)28;1-7-5-3-4-6-8(7)9-2;1-2/h2-5,7,10,20-28H,6,8-9H2,1H3;3-6,9H,1-2H3;1-2H3. The van der Waals surface area contributed by atoms with Gasteiger partial charge in [0.25, 0.3) is 0 Å². The lowest BCUT2D eigenvalue weighted by molar-refractivity contribution is -0.608. The summed E-state index contributed by atoms with van der Waals surface area (Å²) in [6, 6.07) is 14.5. The number of ether oxygens (including phenoxy) is 2. The lowest BCUT2D eigenvalue weighted by Gasteiger charge is -2.60. The first-order valence-electron chi connectivity index (χ1n) is 12.5. The number of aldehydes is 1. The van der Waals surface area contributed by atoms with Crippen LogP contribution in [0.3, 0.4) is 0 Å². The van der Waals surface area contributed by atoms with Crippen molar-refractivity contribution >= 4 is 12.0 Å². The predicted molar refractivity (Wildman–Crippen MR) is 145 cm³/mol. The third kappa shape index (κ3) is 7.68. The van der Waals surface area contributed by atoms with Crippen LogP contribution in [0, 0.1) is 6.92 Å². The van der Waals surface area contributed by atoms with E-state index in [-0.39, 0.29) is 12.0 Å². The van der Waals surface area contributed by atoms with E-state index in [1.807, 2.05) is 33.0 Å². The van der Waals surface area contributed by atoms with Gasteiger partial charge in [0.1, 0.15) is 19.0 Å². The minimum atomic E-state index is -4.01. The average Bonchev–Trinajstić information content (AvgIpc) is 2.94. The number of benzene rings is 2. The molecule has 1 aliphatic rings. The smallest absolute Gasteiger partial charge is 0.303 e. The predicted octanol–water partition coefficient (Wildman–Crippen LogP) is -2.13. The van der Waals surface area contributed by atoms with Gasteiger partial charge in [0, 0.05) is 19.3 Å². The van der Waals surface area contributed by atoms with Gasteiger partial charge in [-0.05, 0) is 30.7 Å². The highest BCUT2D eigenvalue weighted by Gasteiger charge is 2.76. The van der Waals surface area contributed by atoms with Crippen LogP contribution in [-0.2, 0) is 4.79 Å². The normalized spacial score (nSPS) is 19.4. The number of aliphatic hydroxyl groups is 9. The Labute approximate surface area is 237 Å². The van der Waals surface area contributed by atoms with Crippen LogP contribution in [0.5, 0.6) is 11.5 Å². The van der Waals surface area contributed by atoms with Crippen LogP contribution in [0.15, 0.2) is 48.5 Å². The van der Waals surface area contributed by atoms with E-state index >= 15 is 0 Å². The van der Waals surface area contributed by atoms with Crippen molar-refractivity contribution in [1.29, 1.82) is 0 Å². The van der Waals surface area contributed by atoms with Crippen molar-refractivity contribution in [1.82, 2.24) is 9.80 Å². The molecule has 10 N–H and O–H groups in total. The van der Waals surface area contributed by atoms with Gasteiger partial charge in [-0.25, -0.2) is 0 Å². The fourth-order valence-electron chi connectivity index (χ4n) is 3.78. The molecule has 1 atom stereocenters. The van der Waals surface area contributed by atoms with Crippen LogP contribution in [0.25, 0.3) is 0 Å². The van der Waals surface area contributed by atoms with Gasteiger partial charge in [0.15, 0.2) is 11.5 Å². The Morgan fingerprint density at radius 3 is 1.73 bits per heavy atom. The summed E-state index contributed by atoms with van der Waals surface area (Å²) in [4.78, 5) is 9.82. The van der Waals surface area contributed by atoms with E-state index in [9.17, 15) is 50.8 Å². The number of carbonyl (C=O) groups excluding carboxylic acids is 1. The number of anilines is 1. The van der Waals surface area contributed by atoms with Crippen molar-refractivity contribution < 1.29 is 60.2 Å². The van der Waals surface area contributed by atoms with Crippen LogP contribution in [0.2, 0.25) is 0 Å². The Kier molecular flexibility index (Phi) is 13.0. The average molecular weight is 588 g/mol. The SMILES string of the molecule is CC.CNc1ccccc1C.COc1ccccc1OCC(O)CN1C(O)(O)C(O)(O)N(CC=O)C(O)(O)C1(O)O. The Morgan fingerprint density at radius 1 is 0.829 bits per heavy atom. The number of β-amino-alcohol motifs (C(OH)–C–C–N with tert-alkyl or cyclic N) is 1. The molecule has 0 spiro atoms. The molecule has 0 saturated carbocycles. The number of methoxy groups -OCH3 is 1. The number of hydrogen-bond acceptors (Lipinski definition) is 15. The maximum Gasteiger partial charge on any atom is 0.303 e. The van der Waals surface area contributed by atoms with Crippen LogP contribution in [-0.4, -0.2) is 126 Å². The van der Waals surface area contributed by atoms with Gasteiger partial charge in [0.05, 0.1) is 13.7 Å². The Hall–Kier alpha value is -2.93. The lowest BCUT2D eigenvalue weighted by Crippen LogP contribution is -2.90. The monoisotopic (exact) mass is 587 g/mol. The second kappa shape index (κ2) is 14.8. The number of nitrogens with zero attached hydrogens (tertiary/aromatic N) is 2. The van der Waals surface area contributed by atoms with Gasteiger partial charge < -0.3 is 65.5 Å². The Morgan fingerprint density at radius 2 is 1.29 bits per heavy atom. The maximum atomic E-state index is 10.7. The number of carbonyl (C=O) groups is 1. The highest BCUT2D eigenvalue weighted by Crippen LogP contribution is 2.43. The molecule has 41 heavy (non-hydrogen) atoms. The number of para-hydroxylation sites is 3. The lowest BCUT2D eigenvalue weighted by atomic mass is 10.0. The molecular formula is C26H41N3O12. The molecular weight excluding hydrogens is 546 g/mol. The number of nitrogens with one attached hydrogen (secondary N) is 1. The molecule has 0 amide bonds. The molecule has 0 aliphatic carbocycles. The summed E-state index contributed by atoms with van der Waals surface area (Å²) in [5.74, 6) is -15.6. The van der Waals surface area contributed by atoms with Gasteiger partial charge in [-0.15, -0.1) is 0 Å². The van der Waals surface area contributed by atoms with Crippen LogP contribution < -0.4 is 14.8 Å². The van der Waals surface area contributed by atoms with Crippen molar-refractivity contribution in [3.8, 4) is 11.5 Å². The number of rotatable bonds is 9. The van der Waals surface area contributed by atoms with Gasteiger partial charge in [0.2, 0.25) is 0 Å². The quantitative estimate of drug-likeness (QED) is 0.111. The fraction of sp³-hybridized carbons (Fsp3) is 0.500. The third-order valence-corrected chi connectivity index (χ3v) is 5.97. The molecule has 0 radical (unpaired) electrons. The summed E-state index contributed by atoms with van der Waals surface area (Å²) in [5.41, 5.74) is 2.50. The first kappa shape index (κ1) is 36.1. The molecule has 1 aliphatic heterocycles. The molecule has 1 heterocycles. The van der Waals surface area contributed by atoms with E-state index in [4.69, 9.17) is 9.47 Å². The molecule has 15 heteroatoms. The number of hydrogen-bond donors (Lipinski definition) is 10. The largest absolute Gasteiger partial charge is 0.493 e. The number of aryl methyl sites for hydroxylation is 1. The Bertz CT molecular complexity index is 1070. The molecule has 0 aromatic heterocycles. The zero-order valence-corrected chi connectivity index (χ0v) is 23.5. The molecule has 1 unspecified atom stereocenters. The van der Waals surface area contributed by atoms with E-state index in [1.54, 1.807) is 18.2 Å². The van der Waals surface area contributed by atoms with E-state index in [2.05, 4.69) is 24.4 Å². The topological polar surface area (TPSA) is 236 Å². The molecule has 232 valence electrons. The van der Waals surface area contributed by atoms with Crippen LogP contribution >= 0.6 is 0 Å². The Balaban J connectivity index is 0.000000641. The highest BCUT2D eigenvalue weighted by atomic mass is 16.7.